The largest absolute Gasteiger partial charge is 0.491 e. The lowest BCUT2D eigenvalue weighted by atomic mass is 10.1. The van der Waals surface area contributed by atoms with Crippen molar-refractivity contribution in [1.82, 2.24) is 14.8 Å². The van der Waals surface area contributed by atoms with E-state index in [-0.39, 0.29) is 0 Å². The Morgan fingerprint density at radius 3 is 2.95 bits per heavy atom. The molecule has 0 aromatic carbocycles. The van der Waals surface area contributed by atoms with Gasteiger partial charge in [0, 0.05) is 13.2 Å². The maximum absolute atomic E-state index is 12.1. The molecule has 2 rings (SSSR count). The molecule has 21 heavy (non-hydrogen) atoms. The SMILES string of the molecule is C=CCCOc1c(C(=O)OCC)cnc2c1c(C)nn2C. The van der Waals surface area contributed by atoms with Gasteiger partial charge in [-0.2, -0.15) is 5.10 Å². The van der Waals surface area contributed by atoms with E-state index in [0.717, 1.165) is 11.1 Å². The first-order valence-electron chi connectivity index (χ1n) is 6.83. The van der Waals surface area contributed by atoms with Gasteiger partial charge in [0.2, 0.25) is 0 Å². The first-order valence-corrected chi connectivity index (χ1v) is 6.83. The zero-order valence-corrected chi connectivity index (χ0v) is 12.5. The van der Waals surface area contributed by atoms with Crippen LogP contribution < -0.4 is 4.74 Å². The Morgan fingerprint density at radius 2 is 2.29 bits per heavy atom. The predicted molar refractivity (Wildman–Crippen MR) is 79.5 cm³/mol. The van der Waals surface area contributed by atoms with Crippen molar-refractivity contribution in [2.75, 3.05) is 13.2 Å². The topological polar surface area (TPSA) is 66.2 Å². The van der Waals surface area contributed by atoms with Gasteiger partial charge in [-0.15, -0.1) is 6.58 Å². The molecule has 6 nitrogen and oxygen atoms in total. The van der Waals surface area contributed by atoms with Gasteiger partial charge >= 0.3 is 5.97 Å². The van der Waals surface area contributed by atoms with Crippen LogP contribution in [0.3, 0.4) is 0 Å². The number of rotatable bonds is 6. The minimum Gasteiger partial charge on any atom is -0.491 e. The zero-order chi connectivity index (χ0) is 15.4. The van der Waals surface area contributed by atoms with Crippen LogP contribution in [0.4, 0.5) is 0 Å². The van der Waals surface area contributed by atoms with Crippen LogP contribution in [0.15, 0.2) is 18.9 Å². The second kappa shape index (κ2) is 6.39. The van der Waals surface area contributed by atoms with Crippen molar-refractivity contribution in [3.8, 4) is 5.75 Å². The molecule has 112 valence electrons. The summed E-state index contributed by atoms with van der Waals surface area (Å²) in [6.07, 6.45) is 3.93. The Balaban J connectivity index is 2.56. The number of pyridine rings is 1. The van der Waals surface area contributed by atoms with Crippen molar-refractivity contribution in [2.45, 2.75) is 20.3 Å². The number of hydrogen-bond donors (Lipinski definition) is 0. The Hall–Kier alpha value is -2.37. The van der Waals surface area contributed by atoms with E-state index in [9.17, 15) is 4.79 Å². The van der Waals surface area contributed by atoms with E-state index < -0.39 is 5.97 Å². The standard InChI is InChI=1S/C15H19N3O3/c1-5-7-8-21-13-11(15(19)20-6-2)9-16-14-12(13)10(3)17-18(14)4/h5,9H,1,6-8H2,2-4H3. The minimum absolute atomic E-state index is 0.301. The molecule has 0 bridgehead atoms. The zero-order valence-electron chi connectivity index (χ0n) is 12.5. The van der Waals surface area contributed by atoms with E-state index in [4.69, 9.17) is 9.47 Å². The maximum Gasteiger partial charge on any atom is 0.343 e. The van der Waals surface area contributed by atoms with E-state index in [1.807, 2.05) is 6.92 Å². The summed E-state index contributed by atoms with van der Waals surface area (Å²) in [7, 11) is 1.81. The normalized spacial score (nSPS) is 10.6. The highest BCUT2D eigenvalue weighted by molar-refractivity contribution is 5.99. The van der Waals surface area contributed by atoms with Crippen LogP contribution in [0, 0.1) is 6.92 Å². The van der Waals surface area contributed by atoms with Crippen LogP contribution in [0.25, 0.3) is 11.0 Å². The third-order valence-electron chi connectivity index (χ3n) is 3.04. The average molecular weight is 289 g/mol. The molecular formula is C15H19N3O3. The molecule has 2 heterocycles. The van der Waals surface area contributed by atoms with Crippen molar-refractivity contribution >= 4 is 17.0 Å². The molecule has 0 unspecified atom stereocenters. The highest BCUT2D eigenvalue weighted by Gasteiger charge is 2.21. The predicted octanol–water partition coefficient (Wildman–Crippen LogP) is 2.41. The minimum atomic E-state index is -0.441. The van der Waals surface area contributed by atoms with Crippen LogP contribution in [0.2, 0.25) is 0 Å². The second-order valence-corrected chi connectivity index (χ2v) is 4.55. The quantitative estimate of drug-likeness (QED) is 0.464. The molecule has 0 saturated carbocycles. The molecule has 0 atom stereocenters. The first-order chi connectivity index (χ1) is 10.1. The summed E-state index contributed by atoms with van der Waals surface area (Å²) in [6, 6.07) is 0. The summed E-state index contributed by atoms with van der Waals surface area (Å²) < 4.78 is 12.5. The molecule has 2 aromatic heterocycles. The third-order valence-corrected chi connectivity index (χ3v) is 3.04. The molecule has 0 saturated heterocycles. The number of nitrogens with zero attached hydrogens (tertiary/aromatic N) is 3. The molecule has 2 aromatic rings. The highest BCUT2D eigenvalue weighted by atomic mass is 16.5. The smallest absolute Gasteiger partial charge is 0.343 e. The molecule has 0 N–H and O–H groups in total. The van der Waals surface area contributed by atoms with E-state index in [1.165, 1.54) is 6.20 Å². The lowest BCUT2D eigenvalue weighted by Gasteiger charge is -2.11. The number of ether oxygens (including phenoxy) is 2. The number of carbonyl (C=O) groups excluding carboxylic acids is 1. The Bertz CT molecular complexity index is 676. The molecule has 0 aliphatic heterocycles. The average Bonchev–Trinajstić information content (AvgIpc) is 2.75. The molecule has 0 amide bonds. The van der Waals surface area contributed by atoms with Gasteiger partial charge in [-0.25, -0.2) is 9.78 Å². The van der Waals surface area contributed by atoms with Crippen molar-refractivity contribution in [2.24, 2.45) is 7.05 Å². The molecule has 0 fully saturated rings. The van der Waals surface area contributed by atoms with Gasteiger partial charge in [-0.05, 0) is 20.3 Å². The van der Waals surface area contributed by atoms with E-state index in [2.05, 4.69) is 16.7 Å². The van der Waals surface area contributed by atoms with Crippen molar-refractivity contribution in [3.63, 3.8) is 0 Å². The fraction of sp³-hybridized carbons (Fsp3) is 0.400. The summed E-state index contributed by atoms with van der Waals surface area (Å²) in [4.78, 5) is 16.4. The van der Waals surface area contributed by atoms with E-state index in [0.29, 0.717) is 36.6 Å². The molecule has 0 aliphatic carbocycles. The monoisotopic (exact) mass is 289 g/mol. The molecule has 0 spiro atoms. The van der Waals surface area contributed by atoms with E-state index in [1.54, 1.807) is 24.7 Å². The van der Waals surface area contributed by atoms with Gasteiger partial charge in [0.05, 0.1) is 24.3 Å². The summed E-state index contributed by atoms with van der Waals surface area (Å²) in [6.45, 7) is 8.02. The number of aromatic nitrogens is 3. The second-order valence-electron chi connectivity index (χ2n) is 4.55. The van der Waals surface area contributed by atoms with Gasteiger partial charge in [0.25, 0.3) is 0 Å². The fourth-order valence-electron chi connectivity index (χ4n) is 2.13. The maximum atomic E-state index is 12.1. The summed E-state index contributed by atoms with van der Waals surface area (Å²) >= 11 is 0. The van der Waals surface area contributed by atoms with Crippen LogP contribution in [-0.2, 0) is 11.8 Å². The van der Waals surface area contributed by atoms with E-state index >= 15 is 0 Å². The lowest BCUT2D eigenvalue weighted by Crippen LogP contribution is -2.10. The Labute approximate surface area is 123 Å². The van der Waals surface area contributed by atoms with Gasteiger partial charge in [0.15, 0.2) is 5.65 Å². The Morgan fingerprint density at radius 1 is 1.52 bits per heavy atom. The number of hydrogen-bond acceptors (Lipinski definition) is 5. The van der Waals surface area contributed by atoms with Crippen LogP contribution in [-0.4, -0.2) is 33.9 Å². The van der Waals surface area contributed by atoms with Gasteiger partial charge < -0.3 is 9.47 Å². The molecular weight excluding hydrogens is 270 g/mol. The number of fused-ring (bicyclic) bond motifs is 1. The van der Waals surface area contributed by atoms with Gasteiger partial charge in [0.1, 0.15) is 11.3 Å². The van der Waals surface area contributed by atoms with Crippen molar-refractivity contribution < 1.29 is 14.3 Å². The first kappa shape index (κ1) is 15.0. The van der Waals surface area contributed by atoms with Crippen molar-refractivity contribution in [3.05, 3.63) is 30.1 Å². The number of carbonyl (C=O) groups is 1. The van der Waals surface area contributed by atoms with Crippen LogP contribution in [0.1, 0.15) is 29.4 Å². The lowest BCUT2D eigenvalue weighted by molar-refractivity contribution is 0.0521. The highest BCUT2D eigenvalue weighted by Crippen LogP contribution is 2.31. The van der Waals surface area contributed by atoms with Crippen molar-refractivity contribution in [1.29, 1.82) is 0 Å². The number of aryl methyl sites for hydroxylation is 2. The summed E-state index contributed by atoms with van der Waals surface area (Å²) in [5, 5.41) is 5.07. The summed E-state index contributed by atoms with van der Waals surface area (Å²) in [5.41, 5.74) is 1.76. The van der Waals surface area contributed by atoms with Crippen LogP contribution in [0.5, 0.6) is 5.75 Å². The van der Waals surface area contributed by atoms with Gasteiger partial charge in [-0.1, -0.05) is 6.08 Å². The Kier molecular flexibility index (Phi) is 4.57. The van der Waals surface area contributed by atoms with Gasteiger partial charge in [-0.3, -0.25) is 4.68 Å². The molecule has 6 heteroatoms. The molecule has 0 radical (unpaired) electrons. The molecule has 0 aliphatic rings. The number of esters is 1. The third kappa shape index (κ3) is 2.89. The van der Waals surface area contributed by atoms with Crippen LogP contribution >= 0.6 is 0 Å². The summed E-state index contributed by atoms with van der Waals surface area (Å²) in [5.74, 6) is 0.0367. The fourth-order valence-corrected chi connectivity index (χ4v) is 2.13.